The summed E-state index contributed by atoms with van der Waals surface area (Å²) in [5.41, 5.74) is 3.77. The molecule has 0 atom stereocenters. The summed E-state index contributed by atoms with van der Waals surface area (Å²) in [6.45, 7) is 0. The van der Waals surface area contributed by atoms with Crippen molar-refractivity contribution in [2.75, 3.05) is 0 Å². The molecule has 0 saturated carbocycles. The minimum Gasteiger partial charge on any atom is -0.285 e. The summed E-state index contributed by atoms with van der Waals surface area (Å²) in [7, 11) is 1.91. The van der Waals surface area contributed by atoms with Crippen LogP contribution in [0.15, 0.2) is 42.9 Å². The lowest BCUT2D eigenvalue weighted by Gasteiger charge is -1.94. The van der Waals surface area contributed by atoms with Crippen LogP contribution < -0.4 is 0 Å². The van der Waals surface area contributed by atoms with Crippen LogP contribution in [0.1, 0.15) is 0 Å². The summed E-state index contributed by atoms with van der Waals surface area (Å²) in [5.74, 6) is 0. The first-order valence-corrected chi connectivity index (χ1v) is 5.29. The molecule has 0 aliphatic heterocycles. The highest BCUT2D eigenvalue weighted by atomic mass is 15.3. The van der Waals surface area contributed by atoms with Crippen LogP contribution in [0.2, 0.25) is 0 Å². The van der Waals surface area contributed by atoms with Crippen molar-refractivity contribution < 1.29 is 0 Å². The molecule has 0 aliphatic carbocycles. The SMILES string of the molecule is Cn1nc(-c2cccnc2)cc1-c1cc[nH]n1. The maximum atomic E-state index is 4.46. The standard InChI is InChI=1S/C12H11N5/c1-17-12(10-4-6-14-15-10)7-11(16-17)9-3-2-5-13-8-9/h2-8H,1H3,(H,14,15). The quantitative estimate of drug-likeness (QED) is 0.724. The normalized spacial score (nSPS) is 10.6. The Kier molecular flexibility index (Phi) is 2.22. The first kappa shape index (κ1) is 9.77. The first-order chi connectivity index (χ1) is 8.34. The Labute approximate surface area is 98.1 Å². The molecule has 0 amide bonds. The largest absolute Gasteiger partial charge is 0.285 e. The minimum absolute atomic E-state index is 0.884. The summed E-state index contributed by atoms with van der Waals surface area (Å²) < 4.78 is 1.82. The zero-order valence-corrected chi connectivity index (χ0v) is 9.33. The molecule has 3 rings (SSSR count). The van der Waals surface area contributed by atoms with Gasteiger partial charge >= 0.3 is 0 Å². The maximum Gasteiger partial charge on any atom is 0.110 e. The second-order valence-corrected chi connectivity index (χ2v) is 3.74. The van der Waals surface area contributed by atoms with Gasteiger partial charge in [-0.2, -0.15) is 10.2 Å². The molecule has 0 unspecified atom stereocenters. The Morgan fingerprint density at radius 2 is 2.18 bits per heavy atom. The van der Waals surface area contributed by atoms with Crippen molar-refractivity contribution in [2.24, 2.45) is 7.05 Å². The van der Waals surface area contributed by atoms with Gasteiger partial charge in [-0.3, -0.25) is 14.8 Å². The molecule has 0 spiro atoms. The van der Waals surface area contributed by atoms with Crippen molar-refractivity contribution in [3.05, 3.63) is 42.9 Å². The van der Waals surface area contributed by atoms with E-state index in [0.717, 1.165) is 22.6 Å². The van der Waals surface area contributed by atoms with E-state index >= 15 is 0 Å². The molecule has 0 radical (unpaired) electrons. The molecule has 0 aromatic carbocycles. The fourth-order valence-electron chi connectivity index (χ4n) is 1.77. The Morgan fingerprint density at radius 3 is 2.88 bits per heavy atom. The highest BCUT2D eigenvalue weighted by Crippen LogP contribution is 2.23. The minimum atomic E-state index is 0.884. The Balaban J connectivity index is 2.08. The number of rotatable bonds is 2. The van der Waals surface area contributed by atoms with E-state index in [9.17, 15) is 0 Å². The summed E-state index contributed by atoms with van der Waals surface area (Å²) in [6, 6.07) is 7.82. The lowest BCUT2D eigenvalue weighted by molar-refractivity contribution is 0.775. The first-order valence-electron chi connectivity index (χ1n) is 5.29. The van der Waals surface area contributed by atoms with Gasteiger partial charge in [-0.15, -0.1) is 0 Å². The summed E-state index contributed by atoms with van der Waals surface area (Å²) in [6.07, 6.45) is 5.35. The molecule has 0 saturated heterocycles. The number of aryl methyl sites for hydroxylation is 1. The van der Waals surface area contributed by atoms with E-state index in [0.29, 0.717) is 0 Å². The Bertz CT molecular complexity index is 610. The van der Waals surface area contributed by atoms with Crippen molar-refractivity contribution in [1.82, 2.24) is 25.0 Å². The van der Waals surface area contributed by atoms with Crippen LogP contribution in [0.25, 0.3) is 22.6 Å². The van der Waals surface area contributed by atoms with Crippen molar-refractivity contribution >= 4 is 0 Å². The van der Waals surface area contributed by atoms with Gasteiger partial charge in [-0.1, -0.05) is 0 Å². The van der Waals surface area contributed by atoms with Crippen LogP contribution in [-0.4, -0.2) is 25.0 Å². The summed E-state index contributed by atoms with van der Waals surface area (Å²) >= 11 is 0. The van der Waals surface area contributed by atoms with Gasteiger partial charge in [0.1, 0.15) is 5.69 Å². The van der Waals surface area contributed by atoms with Gasteiger partial charge in [0.15, 0.2) is 0 Å². The van der Waals surface area contributed by atoms with E-state index < -0.39 is 0 Å². The maximum absolute atomic E-state index is 4.46. The number of aromatic nitrogens is 5. The summed E-state index contributed by atoms with van der Waals surface area (Å²) in [5, 5.41) is 11.4. The van der Waals surface area contributed by atoms with Crippen LogP contribution >= 0.6 is 0 Å². The molecule has 3 aromatic heterocycles. The summed E-state index contributed by atoms with van der Waals surface area (Å²) in [4.78, 5) is 4.09. The molecule has 0 bridgehead atoms. The van der Waals surface area contributed by atoms with Gasteiger partial charge in [0.05, 0.1) is 11.4 Å². The van der Waals surface area contributed by atoms with Crippen molar-refractivity contribution in [2.45, 2.75) is 0 Å². The van der Waals surface area contributed by atoms with Gasteiger partial charge in [0.2, 0.25) is 0 Å². The van der Waals surface area contributed by atoms with E-state index in [4.69, 9.17) is 0 Å². The molecule has 3 aromatic rings. The van der Waals surface area contributed by atoms with Crippen LogP contribution in [0.3, 0.4) is 0 Å². The van der Waals surface area contributed by atoms with Crippen molar-refractivity contribution in [3.63, 3.8) is 0 Å². The molecule has 3 heterocycles. The lowest BCUT2D eigenvalue weighted by atomic mass is 10.2. The number of H-pyrrole nitrogens is 1. The van der Waals surface area contributed by atoms with E-state index in [1.165, 1.54) is 0 Å². The molecular formula is C12H11N5. The Morgan fingerprint density at radius 1 is 1.24 bits per heavy atom. The van der Waals surface area contributed by atoms with Gasteiger partial charge in [-0.25, -0.2) is 0 Å². The molecule has 0 fully saturated rings. The number of nitrogens with zero attached hydrogens (tertiary/aromatic N) is 4. The third-order valence-electron chi connectivity index (χ3n) is 2.60. The fourth-order valence-corrected chi connectivity index (χ4v) is 1.77. The highest BCUT2D eigenvalue weighted by molar-refractivity contribution is 5.65. The number of hydrogen-bond donors (Lipinski definition) is 1. The zero-order chi connectivity index (χ0) is 11.7. The molecular weight excluding hydrogens is 214 g/mol. The smallest absolute Gasteiger partial charge is 0.110 e. The van der Waals surface area contributed by atoms with Crippen molar-refractivity contribution in [1.29, 1.82) is 0 Å². The predicted molar refractivity (Wildman–Crippen MR) is 64.0 cm³/mol. The second kappa shape index (κ2) is 3.86. The average molecular weight is 225 g/mol. The third-order valence-corrected chi connectivity index (χ3v) is 2.60. The topological polar surface area (TPSA) is 59.4 Å². The number of nitrogens with one attached hydrogen (secondary N) is 1. The monoisotopic (exact) mass is 225 g/mol. The number of aromatic amines is 1. The van der Waals surface area contributed by atoms with Gasteiger partial charge < -0.3 is 0 Å². The average Bonchev–Trinajstić information content (AvgIpc) is 2.99. The van der Waals surface area contributed by atoms with E-state index in [-0.39, 0.29) is 0 Å². The van der Waals surface area contributed by atoms with Crippen LogP contribution in [0.5, 0.6) is 0 Å². The van der Waals surface area contributed by atoms with Crippen LogP contribution in [0, 0.1) is 0 Å². The second-order valence-electron chi connectivity index (χ2n) is 3.74. The van der Waals surface area contributed by atoms with Gasteiger partial charge in [-0.05, 0) is 24.3 Å². The van der Waals surface area contributed by atoms with Gasteiger partial charge in [0.25, 0.3) is 0 Å². The predicted octanol–water partition coefficient (Wildman–Crippen LogP) is 1.87. The number of hydrogen-bond acceptors (Lipinski definition) is 3. The lowest BCUT2D eigenvalue weighted by Crippen LogP contribution is -1.93. The molecule has 0 aliphatic rings. The fraction of sp³-hybridized carbons (Fsp3) is 0.0833. The van der Waals surface area contributed by atoms with E-state index in [1.807, 2.05) is 36.0 Å². The zero-order valence-electron chi connectivity index (χ0n) is 9.33. The molecule has 5 heteroatoms. The van der Waals surface area contributed by atoms with Crippen molar-refractivity contribution in [3.8, 4) is 22.6 Å². The molecule has 84 valence electrons. The number of pyridine rings is 1. The molecule has 17 heavy (non-hydrogen) atoms. The van der Waals surface area contributed by atoms with Crippen LogP contribution in [-0.2, 0) is 7.05 Å². The highest BCUT2D eigenvalue weighted by Gasteiger charge is 2.10. The molecule has 5 nitrogen and oxygen atoms in total. The van der Waals surface area contributed by atoms with Gasteiger partial charge in [0, 0.05) is 31.2 Å². The molecule has 1 N–H and O–H groups in total. The van der Waals surface area contributed by atoms with E-state index in [1.54, 1.807) is 18.6 Å². The Hall–Kier alpha value is -2.43. The third kappa shape index (κ3) is 1.71. The van der Waals surface area contributed by atoms with Crippen LogP contribution in [0.4, 0.5) is 0 Å². The van der Waals surface area contributed by atoms with E-state index in [2.05, 4.69) is 20.3 Å².